The van der Waals surface area contributed by atoms with E-state index < -0.39 is 10.0 Å². The molecule has 19 heavy (non-hydrogen) atoms. The zero-order valence-corrected chi connectivity index (χ0v) is 12.4. The Hall–Kier alpha value is -0.860. The first-order valence-electron chi connectivity index (χ1n) is 6.49. The van der Waals surface area contributed by atoms with Crippen molar-refractivity contribution in [1.82, 2.24) is 15.1 Å². The summed E-state index contributed by atoms with van der Waals surface area (Å²) in [6, 6.07) is 0.402. The van der Waals surface area contributed by atoms with E-state index in [4.69, 9.17) is 5.14 Å². The van der Waals surface area contributed by atoms with Crippen LogP contribution in [0.15, 0.2) is 0 Å². The van der Waals surface area contributed by atoms with Crippen molar-refractivity contribution >= 4 is 16.1 Å². The number of likely N-dealkylation sites (tertiary alicyclic amines) is 1. The van der Waals surface area contributed by atoms with Gasteiger partial charge in [0.1, 0.15) is 0 Å². The molecule has 0 atom stereocenters. The number of nitrogens with zero attached hydrogens (tertiary/aromatic N) is 2. The molecule has 112 valence electrons. The highest BCUT2D eigenvalue weighted by atomic mass is 32.2. The third-order valence-electron chi connectivity index (χ3n) is 3.19. The number of sulfonamides is 1. The number of primary sulfonamides is 1. The summed E-state index contributed by atoms with van der Waals surface area (Å²) in [6.07, 6.45) is 2.32. The fourth-order valence-electron chi connectivity index (χ4n) is 2.14. The van der Waals surface area contributed by atoms with Gasteiger partial charge in [-0.15, -0.1) is 0 Å². The van der Waals surface area contributed by atoms with Crippen molar-refractivity contribution in [3.63, 3.8) is 0 Å². The number of nitrogens with two attached hydrogens (primary N) is 1. The van der Waals surface area contributed by atoms with Crippen LogP contribution in [0.3, 0.4) is 0 Å². The van der Waals surface area contributed by atoms with Crippen molar-refractivity contribution < 1.29 is 13.2 Å². The lowest BCUT2D eigenvalue weighted by Gasteiger charge is -2.34. The Morgan fingerprint density at radius 2 is 1.95 bits per heavy atom. The van der Waals surface area contributed by atoms with E-state index in [1.165, 1.54) is 0 Å². The molecule has 8 heteroatoms. The molecule has 0 aromatic carbocycles. The van der Waals surface area contributed by atoms with Crippen LogP contribution in [-0.4, -0.2) is 69.8 Å². The molecule has 1 heterocycles. The summed E-state index contributed by atoms with van der Waals surface area (Å²) in [5.41, 5.74) is 0. The zero-order chi connectivity index (χ0) is 14.5. The second-order valence-electron chi connectivity index (χ2n) is 5.11. The van der Waals surface area contributed by atoms with Gasteiger partial charge in [0, 0.05) is 33.2 Å². The quantitative estimate of drug-likeness (QED) is 0.661. The molecule has 1 aliphatic rings. The molecule has 0 aromatic heterocycles. The van der Waals surface area contributed by atoms with Crippen LogP contribution in [0.2, 0.25) is 0 Å². The smallest absolute Gasteiger partial charge is 0.319 e. The van der Waals surface area contributed by atoms with Crippen LogP contribution >= 0.6 is 0 Å². The van der Waals surface area contributed by atoms with E-state index in [0.29, 0.717) is 19.0 Å². The van der Waals surface area contributed by atoms with Crippen molar-refractivity contribution in [3.05, 3.63) is 0 Å². The van der Waals surface area contributed by atoms with Gasteiger partial charge in [-0.05, 0) is 25.8 Å². The summed E-state index contributed by atoms with van der Waals surface area (Å²) >= 11 is 0. The van der Waals surface area contributed by atoms with Crippen molar-refractivity contribution in [1.29, 1.82) is 0 Å². The zero-order valence-electron chi connectivity index (χ0n) is 11.6. The van der Waals surface area contributed by atoms with E-state index in [1.54, 1.807) is 19.0 Å². The maximum Gasteiger partial charge on any atom is 0.319 e. The molecule has 7 nitrogen and oxygen atoms in total. The summed E-state index contributed by atoms with van der Waals surface area (Å²) in [5, 5.41) is 8.24. The fourth-order valence-corrected chi connectivity index (χ4v) is 2.68. The van der Waals surface area contributed by atoms with E-state index in [1.807, 2.05) is 4.90 Å². The van der Waals surface area contributed by atoms with Crippen LogP contribution < -0.4 is 10.5 Å². The molecule has 1 rings (SSSR count). The number of urea groups is 1. The standard InChI is InChI=1S/C11H24N4O3S/c1-14(2)11(16)15-7-4-10(5-8-15)13-6-3-9-19(12,17)18/h10,13H,3-9H2,1-2H3,(H2,12,17,18). The van der Waals surface area contributed by atoms with Crippen LogP contribution in [0.5, 0.6) is 0 Å². The first-order chi connectivity index (χ1) is 8.79. The van der Waals surface area contributed by atoms with Gasteiger partial charge in [-0.2, -0.15) is 0 Å². The molecule has 1 saturated heterocycles. The molecule has 0 saturated carbocycles. The topological polar surface area (TPSA) is 95.7 Å². The predicted molar refractivity (Wildman–Crippen MR) is 74.3 cm³/mol. The minimum atomic E-state index is -3.36. The van der Waals surface area contributed by atoms with E-state index in [2.05, 4.69) is 5.32 Å². The average molecular weight is 292 g/mol. The van der Waals surface area contributed by atoms with Crippen molar-refractivity contribution in [2.24, 2.45) is 5.14 Å². The number of hydrogen-bond acceptors (Lipinski definition) is 4. The Morgan fingerprint density at radius 3 is 2.42 bits per heavy atom. The number of nitrogens with one attached hydrogen (secondary N) is 1. The highest BCUT2D eigenvalue weighted by Crippen LogP contribution is 2.11. The van der Waals surface area contributed by atoms with E-state index in [0.717, 1.165) is 25.9 Å². The fraction of sp³-hybridized carbons (Fsp3) is 0.909. The third-order valence-corrected chi connectivity index (χ3v) is 4.04. The highest BCUT2D eigenvalue weighted by molar-refractivity contribution is 7.89. The largest absolute Gasteiger partial charge is 0.331 e. The Balaban J connectivity index is 2.18. The number of piperidine rings is 1. The van der Waals surface area contributed by atoms with Crippen molar-refractivity contribution in [2.45, 2.75) is 25.3 Å². The minimum absolute atomic E-state index is 0.0119. The van der Waals surface area contributed by atoms with Crippen LogP contribution in [0, 0.1) is 0 Å². The Kier molecular flexibility index (Phi) is 6.02. The van der Waals surface area contributed by atoms with Gasteiger partial charge in [0.15, 0.2) is 0 Å². The minimum Gasteiger partial charge on any atom is -0.331 e. The number of amides is 2. The van der Waals surface area contributed by atoms with Gasteiger partial charge in [0.25, 0.3) is 0 Å². The SMILES string of the molecule is CN(C)C(=O)N1CCC(NCCCS(N)(=O)=O)CC1. The summed E-state index contributed by atoms with van der Waals surface area (Å²) < 4.78 is 21.5. The lowest BCUT2D eigenvalue weighted by atomic mass is 10.1. The monoisotopic (exact) mass is 292 g/mol. The first-order valence-corrected chi connectivity index (χ1v) is 8.21. The predicted octanol–water partition coefficient (Wildman–Crippen LogP) is -0.599. The lowest BCUT2D eigenvalue weighted by molar-refractivity contribution is 0.152. The average Bonchev–Trinajstić information content (AvgIpc) is 2.33. The summed E-state index contributed by atoms with van der Waals surface area (Å²) in [4.78, 5) is 15.1. The first kappa shape index (κ1) is 16.2. The molecule has 1 aliphatic heterocycles. The molecule has 2 amide bonds. The molecule has 1 fully saturated rings. The van der Waals surface area contributed by atoms with Gasteiger partial charge >= 0.3 is 6.03 Å². The molecule has 0 spiro atoms. The van der Waals surface area contributed by atoms with E-state index in [-0.39, 0.29) is 11.8 Å². The van der Waals surface area contributed by atoms with Gasteiger partial charge in [-0.1, -0.05) is 0 Å². The maximum atomic E-state index is 11.7. The number of hydrogen-bond donors (Lipinski definition) is 2. The van der Waals surface area contributed by atoms with Gasteiger partial charge in [0.05, 0.1) is 5.75 Å². The summed E-state index contributed by atoms with van der Waals surface area (Å²) in [7, 11) is 0.145. The number of rotatable bonds is 5. The van der Waals surface area contributed by atoms with Crippen molar-refractivity contribution in [3.8, 4) is 0 Å². The molecule has 0 unspecified atom stereocenters. The molecular weight excluding hydrogens is 268 g/mol. The second-order valence-corrected chi connectivity index (χ2v) is 6.85. The number of carbonyl (C=O) groups excluding carboxylic acids is 1. The molecule has 0 bridgehead atoms. The Bertz CT molecular complexity index is 389. The summed E-state index contributed by atoms with van der Waals surface area (Å²) in [5.74, 6) is 0.0119. The van der Waals surface area contributed by atoms with Crippen LogP contribution in [0.4, 0.5) is 4.79 Å². The van der Waals surface area contributed by atoms with Gasteiger partial charge in [-0.25, -0.2) is 18.4 Å². The normalized spacial score (nSPS) is 17.5. The van der Waals surface area contributed by atoms with Crippen LogP contribution in [0.1, 0.15) is 19.3 Å². The maximum absolute atomic E-state index is 11.7. The molecule has 3 N–H and O–H groups in total. The molecule has 0 radical (unpaired) electrons. The van der Waals surface area contributed by atoms with Crippen molar-refractivity contribution in [2.75, 3.05) is 39.5 Å². The third kappa shape index (κ3) is 6.22. The van der Waals surface area contributed by atoms with Crippen LogP contribution in [-0.2, 0) is 10.0 Å². The lowest BCUT2D eigenvalue weighted by Crippen LogP contribution is -2.48. The van der Waals surface area contributed by atoms with Gasteiger partial charge < -0.3 is 15.1 Å². The molecular formula is C11H24N4O3S. The highest BCUT2D eigenvalue weighted by Gasteiger charge is 2.23. The molecule has 0 aliphatic carbocycles. The van der Waals surface area contributed by atoms with Gasteiger partial charge in [0.2, 0.25) is 10.0 Å². The second kappa shape index (κ2) is 7.06. The summed E-state index contributed by atoms with van der Waals surface area (Å²) in [6.45, 7) is 2.12. The van der Waals surface area contributed by atoms with E-state index in [9.17, 15) is 13.2 Å². The van der Waals surface area contributed by atoms with E-state index >= 15 is 0 Å². The van der Waals surface area contributed by atoms with Gasteiger partial charge in [-0.3, -0.25) is 0 Å². The van der Waals surface area contributed by atoms with Crippen LogP contribution in [0.25, 0.3) is 0 Å². The molecule has 0 aromatic rings. The Labute approximate surface area is 115 Å². The Morgan fingerprint density at radius 1 is 1.37 bits per heavy atom. The number of carbonyl (C=O) groups is 1.